The van der Waals surface area contributed by atoms with Gasteiger partial charge in [-0.3, -0.25) is 9.69 Å². The van der Waals surface area contributed by atoms with Crippen LogP contribution in [0.3, 0.4) is 0 Å². The van der Waals surface area contributed by atoms with Crippen LogP contribution in [0, 0.1) is 0 Å². The maximum absolute atomic E-state index is 12.4. The molecule has 8 nitrogen and oxygen atoms in total. The molecule has 150 valence electrons. The average Bonchev–Trinajstić information content (AvgIpc) is 3.19. The number of halogens is 1. The summed E-state index contributed by atoms with van der Waals surface area (Å²) in [4.78, 5) is 18.3. The first kappa shape index (κ1) is 19.1. The highest BCUT2D eigenvalue weighted by atomic mass is 35.5. The molecule has 2 aromatic carbocycles. The molecule has 4 rings (SSSR count). The standard InChI is InChI=1S/C20H18ClN3O5/c1-3-27-15-7-4-12(8-17(15)26-2)20-22-18(29-23-20)10-24-14-6-5-13(21)9-16(14)28-11-19(24)25/h4-9H,3,10-11H2,1-2H3. The van der Waals surface area contributed by atoms with Crippen molar-refractivity contribution in [2.45, 2.75) is 13.5 Å². The first-order valence-corrected chi connectivity index (χ1v) is 9.33. The molecule has 9 heteroatoms. The summed E-state index contributed by atoms with van der Waals surface area (Å²) in [6.45, 7) is 2.47. The number of benzene rings is 2. The van der Waals surface area contributed by atoms with Crippen LogP contribution < -0.4 is 19.1 Å². The number of rotatable bonds is 6. The molecule has 0 saturated heterocycles. The Hall–Kier alpha value is -3.26. The van der Waals surface area contributed by atoms with Crippen LogP contribution in [0.5, 0.6) is 17.2 Å². The topological polar surface area (TPSA) is 86.9 Å². The molecule has 0 aliphatic carbocycles. The number of fused-ring (bicyclic) bond motifs is 1. The predicted molar refractivity (Wildman–Crippen MR) is 106 cm³/mol. The second-order valence-electron chi connectivity index (χ2n) is 6.19. The van der Waals surface area contributed by atoms with Crippen LogP contribution in [-0.4, -0.2) is 36.4 Å². The lowest BCUT2D eigenvalue weighted by atomic mass is 10.2. The molecule has 0 radical (unpaired) electrons. The summed E-state index contributed by atoms with van der Waals surface area (Å²) in [5.74, 6) is 2.22. The van der Waals surface area contributed by atoms with Gasteiger partial charge in [-0.05, 0) is 37.3 Å². The fraction of sp³-hybridized carbons (Fsp3) is 0.250. The number of hydrogen-bond acceptors (Lipinski definition) is 7. The van der Waals surface area contributed by atoms with Crippen LogP contribution in [0.2, 0.25) is 5.02 Å². The molecule has 1 aliphatic rings. The van der Waals surface area contributed by atoms with Crippen molar-refractivity contribution in [1.82, 2.24) is 10.1 Å². The van der Waals surface area contributed by atoms with Crippen molar-refractivity contribution >= 4 is 23.2 Å². The van der Waals surface area contributed by atoms with Gasteiger partial charge in [-0.25, -0.2) is 0 Å². The molecule has 1 aliphatic heterocycles. The van der Waals surface area contributed by atoms with E-state index in [4.69, 9.17) is 30.3 Å². The number of anilines is 1. The van der Waals surface area contributed by atoms with Crippen LogP contribution in [0.1, 0.15) is 12.8 Å². The van der Waals surface area contributed by atoms with E-state index in [2.05, 4.69) is 10.1 Å². The number of ether oxygens (including phenoxy) is 3. The molecule has 3 aromatic rings. The number of carbonyl (C=O) groups is 1. The summed E-state index contributed by atoms with van der Waals surface area (Å²) in [6, 6.07) is 10.5. The first-order chi connectivity index (χ1) is 14.1. The highest BCUT2D eigenvalue weighted by Gasteiger charge is 2.27. The first-order valence-electron chi connectivity index (χ1n) is 8.95. The lowest BCUT2D eigenvalue weighted by Crippen LogP contribution is -2.38. The van der Waals surface area contributed by atoms with Gasteiger partial charge in [-0.15, -0.1) is 0 Å². The molecule has 29 heavy (non-hydrogen) atoms. The molecule has 0 N–H and O–H groups in total. The molecule has 0 atom stereocenters. The summed E-state index contributed by atoms with van der Waals surface area (Å²) in [7, 11) is 1.57. The Morgan fingerprint density at radius 1 is 1.21 bits per heavy atom. The summed E-state index contributed by atoms with van der Waals surface area (Å²) >= 11 is 6.00. The van der Waals surface area contributed by atoms with Crippen LogP contribution in [0.25, 0.3) is 11.4 Å². The highest BCUT2D eigenvalue weighted by molar-refractivity contribution is 6.30. The Morgan fingerprint density at radius 3 is 2.86 bits per heavy atom. The van der Waals surface area contributed by atoms with Gasteiger partial charge >= 0.3 is 0 Å². The minimum atomic E-state index is -0.206. The summed E-state index contributed by atoms with van der Waals surface area (Å²) < 4.78 is 21.7. The van der Waals surface area contributed by atoms with Crippen LogP contribution in [0.4, 0.5) is 5.69 Å². The Labute approximate surface area is 171 Å². The third-order valence-corrected chi connectivity index (χ3v) is 4.58. The van der Waals surface area contributed by atoms with E-state index < -0.39 is 0 Å². The Balaban J connectivity index is 1.58. The van der Waals surface area contributed by atoms with Crippen molar-refractivity contribution in [3.8, 4) is 28.6 Å². The second kappa shape index (κ2) is 8.00. The highest BCUT2D eigenvalue weighted by Crippen LogP contribution is 2.35. The molecule has 1 amide bonds. The SMILES string of the molecule is CCOc1ccc(-c2noc(CN3C(=O)COc4cc(Cl)ccc43)n2)cc1OC. The van der Waals surface area contributed by atoms with Crippen LogP contribution >= 0.6 is 11.6 Å². The third-order valence-electron chi connectivity index (χ3n) is 4.35. The number of carbonyl (C=O) groups excluding carboxylic acids is 1. The summed E-state index contributed by atoms with van der Waals surface area (Å²) in [5, 5.41) is 4.56. The monoisotopic (exact) mass is 415 g/mol. The van der Waals surface area contributed by atoms with Crippen molar-refractivity contribution in [3.63, 3.8) is 0 Å². The van der Waals surface area contributed by atoms with Gasteiger partial charge in [0.1, 0.15) is 12.3 Å². The molecule has 2 heterocycles. The maximum atomic E-state index is 12.4. The van der Waals surface area contributed by atoms with Gasteiger partial charge in [0.2, 0.25) is 11.7 Å². The molecule has 0 unspecified atom stereocenters. The largest absolute Gasteiger partial charge is 0.493 e. The fourth-order valence-corrected chi connectivity index (χ4v) is 3.17. The molecule has 0 saturated carbocycles. The molecule has 0 spiro atoms. The second-order valence-corrected chi connectivity index (χ2v) is 6.63. The number of amides is 1. The number of nitrogens with zero attached hydrogens (tertiary/aromatic N) is 3. The van der Waals surface area contributed by atoms with E-state index in [1.54, 1.807) is 37.4 Å². The van der Waals surface area contributed by atoms with Crippen molar-refractivity contribution < 1.29 is 23.5 Å². The average molecular weight is 416 g/mol. The Kier molecular flexibility index (Phi) is 5.26. The molecule has 0 fully saturated rings. The van der Waals surface area contributed by atoms with Crippen molar-refractivity contribution in [3.05, 3.63) is 47.3 Å². The Morgan fingerprint density at radius 2 is 2.07 bits per heavy atom. The third kappa shape index (κ3) is 3.84. The van der Waals surface area contributed by atoms with Gasteiger partial charge < -0.3 is 18.7 Å². The van der Waals surface area contributed by atoms with E-state index in [0.29, 0.717) is 51.8 Å². The van der Waals surface area contributed by atoms with Crippen LogP contribution in [0.15, 0.2) is 40.9 Å². The van der Waals surface area contributed by atoms with Crippen LogP contribution in [-0.2, 0) is 11.3 Å². The van der Waals surface area contributed by atoms with Gasteiger partial charge in [0.05, 0.1) is 19.4 Å². The summed E-state index contributed by atoms with van der Waals surface area (Å²) in [5.41, 5.74) is 1.31. The van der Waals surface area contributed by atoms with Gasteiger partial charge in [0.25, 0.3) is 5.91 Å². The Bertz CT molecular complexity index is 1050. The van der Waals surface area contributed by atoms with E-state index >= 15 is 0 Å². The van der Waals surface area contributed by atoms with E-state index in [1.807, 2.05) is 13.0 Å². The summed E-state index contributed by atoms with van der Waals surface area (Å²) in [6.07, 6.45) is 0. The lowest BCUT2D eigenvalue weighted by molar-refractivity contribution is -0.121. The molecule has 1 aromatic heterocycles. The van der Waals surface area contributed by atoms with Crippen molar-refractivity contribution in [2.24, 2.45) is 0 Å². The minimum absolute atomic E-state index is 0.0789. The number of methoxy groups -OCH3 is 1. The van der Waals surface area contributed by atoms with E-state index in [1.165, 1.54) is 4.90 Å². The van der Waals surface area contributed by atoms with Crippen molar-refractivity contribution in [2.75, 3.05) is 25.2 Å². The zero-order valence-electron chi connectivity index (χ0n) is 15.8. The molecule has 0 bridgehead atoms. The number of aromatic nitrogens is 2. The van der Waals surface area contributed by atoms with E-state index in [9.17, 15) is 4.79 Å². The smallest absolute Gasteiger partial charge is 0.265 e. The van der Waals surface area contributed by atoms with Gasteiger partial charge in [0.15, 0.2) is 18.1 Å². The zero-order valence-corrected chi connectivity index (χ0v) is 16.6. The van der Waals surface area contributed by atoms with Gasteiger partial charge in [-0.2, -0.15) is 4.98 Å². The van der Waals surface area contributed by atoms with E-state index in [0.717, 1.165) is 0 Å². The predicted octanol–water partition coefficient (Wildman–Crippen LogP) is 3.72. The normalized spacial score (nSPS) is 13.1. The van der Waals surface area contributed by atoms with Gasteiger partial charge in [0, 0.05) is 16.7 Å². The fourth-order valence-electron chi connectivity index (χ4n) is 3.00. The van der Waals surface area contributed by atoms with Gasteiger partial charge in [-0.1, -0.05) is 16.8 Å². The maximum Gasteiger partial charge on any atom is 0.265 e. The lowest BCUT2D eigenvalue weighted by Gasteiger charge is -2.28. The van der Waals surface area contributed by atoms with E-state index in [-0.39, 0.29) is 19.1 Å². The zero-order chi connectivity index (χ0) is 20.4. The minimum Gasteiger partial charge on any atom is -0.493 e. The quantitative estimate of drug-likeness (QED) is 0.606. The van der Waals surface area contributed by atoms with Crippen molar-refractivity contribution in [1.29, 1.82) is 0 Å². The number of hydrogen-bond donors (Lipinski definition) is 0. The molecular formula is C20H18ClN3O5. The molecular weight excluding hydrogens is 398 g/mol.